The second-order valence-electron chi connectivity index (χ2n) is 5.88. The molecule has 1 amide bonds. The molecule has 24 heavy (non-hydrogen) atoms. The molecule has 124 valence electrons. The van der Waals surface area contributed by atoms with Crippen molar-refractivity contribution in [3.63, 3.8) is 0 Å². The molecule has 0 aliphatic heterocycles. The molecule has 2 aromatic heterocycles. The minimum atomic E-state index is -0.155. The molecule has 0 radical (unpaired) electrons. The Morgan fingerprint density at radius 1 is 1.21 bits per heavy atom. The van der Waals surface area contributed by atoms with E-state index >= 15 is 0 Å². The number of aryl methyl sites for hydroxylation is 1. The van der Waals surface area contributed by atoms with Gasteiger partial charge in [-0.3, -0.25) is 4.79 Å². The minimum Gasteiger partial charge on any atom is -0.467 e. The second-order valence-corrected chi connectivity index (χ2v) is 5.88. The van der Waals surface area contributed by atoms with Crippen LogP contribution in [-0.4, -0.2) is 15.7 Å². The molecular weight excluding hydrogens is 302 g/mol. The lowest BCUT2D eigenvalue weighted by Crippen LogP contribution is -2.28. The number of hydrogen-bond acceptors (Lipinski definition) is 3. The molecule has 3 rings (SSSR count). The van der Waals surface area contributed by atoms with Crippen LogP contribution in [0.5, 0.6) is 0 Å². The van der Waals surface area contributed by atoms with Crippen molar-refractivity contribution >= 4 is 5.91 Å². The molecule has 0 aliphatic rings. The van der Waals surface area contributed by atoms with Crippen LogP contribution in [-0.2, 0) is 11.2 Å². The highest BCUT2D eigenvalue weighted by Crippen LogP contribution is 2.19. The first kappa shape index (κ1) is 16.1. The van der Waals surface area contributed by atoms with Crippen molar-refractivity contribution in [1.29, 1.82) is 0 Å². The topological polar surface area (TPSA) is 60.1 Å². The van der Waals surface area contributed by atoms with E-state index in [2.05, 4.69) is 10.4 Å². The summed E-state index contributed by atoms with van der Waals surface area (Å²) in [5, 5.41) is 7.55. The lowest BCUT2D eigenvalue weighted by atomic mass is 10.1. The lowest BCUT2D eigenvalue weighted by molar-refractivity contribution is -0.121. The minimum absolute atomic E-state index is 0.0438. The van der Waals surface area contributed by atoms with Gasteiger partial charge in [0, 0.05) is 11.3 Å². The van der Waals surface area contributed by atoms with E-state index in [0.29, 0.717) is 6.42 Å². The molecule has 0 bridgehead atoms. The number of para-hydroxylation sites is 1. The summed E-state index contributed by atoms with van der Waals surface area (Å²) in [4.78, 5) is 12.4. The van der Waals surface area contributed by atoms with Crippen molar-refractivity contribution < 1.29 is 9.21 Å². The first-order valence-electron chi connectivity index (χ1n) is 7.99. The number of hydrogen-bond donors (Lipinski definition) is 1. The van der Waals surface area contributed by atoms with E-state index in [0.717, 1.165) is 28.4 Å². The van der Waals surface area contributed by atoms with Gasteiger partial charge in [-0.05, 0) is 45.0 Å². The van der Waals surface area contributed by atoms with Crippen LogP contribution in [0.4, 0.5) is 0 Å². The maximum absolute atomic E-state index is 12.4. The monoisotopic (exact) mass is 323 g/mol. The van der Waals surface area contributed by atoms with Gasteiger partial charge in [0.1, 0.15) is 5.76 Å². The molecule has 1 aromatic carbocycles. The molecule has 0 saturated carbocycles. The number of furan rings is 1. The highest BCUT2D eigenvalue weighted by Gasteiger charge is 2.18. The van der Waals surface area contributed by atoms with E-state index in [1.54, 1.807) is 6.26 Å². The molecule has 5 nitrogen and oxygen atoms in total. The largest absolute Gasteiger partial charge is 0.467 e. The third-order valence-corrected chi connectivity index (χ3v) is 4.13. The van der Waals surface area contributed by atoms with Gasteiger partial charge in [0.2, 0.25) is 5.91 Å². The normalized spacial score (nSPS) is 12.1. The van der Waals surface area contributed by atoms with Gasteiger partial charge in [-0.2, -0.15) is 5.10 Å². The molecule has 0 fully saturated rings. The van der Waals surface area contributed by atoms with Crippen LogP contribution in [0.25, 0.3) is 5.69 Å². The molecule has 2 heterocycles. The Morgan fingerprint density at radius 3 is 2.62 bits per heavy atom. The molecule has 1 N–H and O–H groups in total. The SMILES string of the molecule is Cc1nn(-c2ccccc2)c(C)c1CC(=O)N[C@H](C)c1ccco1. The molecule has 0 unspecified atom stereocenters. The van der Waals surface area contributed by atoms with E-state index < -0.39 is 0 Å². The Hall–Kier alpha value is -2.82. The molecular formula is C19H21N3O2. The van der Waals surface area contributed by atoms with E-state index in [4.69, 9.17) is 4.42 Å². The fraction of sp³-hybridized carbons (Fsp3) is 0.263. The summed E-state index contributed by atoms with van der Waals surface area (Å²) in [5.74, 6) is 0.703. The summed E-state index contributed by atoms with van der Waals surface area (Å²) >= 11 is 0. The molecule has 3 aromatic rings. The third-order valence-electron chi connectivity index (χ3n) is 4.13. The van der Waals surface area contributed by atoms with Crippen LogP contribution in [0.1, 0.15) is 35.7 Å². The van der Waals surface area contributed by atoms with E-state index in [9.17, 15) is 4.79 Å². The Bertz CT molecular complexity index is 820. The van der Waals surface area contributed by atoms with E-state index in [1.165, 1.54) is 0 Å². The van der Waals surface area contributed by atoms with Crippen LogP contribution in [0.3, 0.4) is 0 Å². The van der Waals surface area contributed by atoms with Gasteiger partial charge in [0.05, 0.1) is 30.1 Å². The maximum atomic E-state index is 12.4. The van der Waals surface area contributed by atoms with Crippen LogP contribution in [0, 0.1) is 13.8 Å². The predicted molar refractivity (Wildman–Crippen MR) is 92.0 cm³/mol. The highest BCUT2D eigenvalue weighted by molar-refractivity contribution is 5.79. The van der Waals surface area contributed by atoms with Gasteiger partial charge in [-0.15, -0.1) is 0 Å². The summed E-state index contributed by atoms with van der Waals surface area (Å²) in [7, 11) is 0. The van der Waals surface area contributed by atoms with Crippen molar-refractivity contribution in [2.75, 3.05) is 0 Å². The zero-order chi connectivity index (χ0) is 17.1. The summed E-state index contributed by atoms with van der Waals surface area (Å²) in [6.07, 6.45) is 1.91. The van der Waals surface area contributed by atoms with Crippen LogP contribution in [0.2, 0.25) is 0 Å². The van der Waals surface area contributed by atoms with Crippen molar-refractivity contribution in [1.82, 2.24) is 15.1 Å². The average Bonchev–Trinajstić information content (AvgIpc) is 3.20. The quantitative estimate of drug-likeness (QED) is 0.782. The number of aromatic nitrogens is 2. The summed E-state index contributed by atoms with van der Waals surface area (Å²) in [6.45, 7) is 5.83. The van der Waals surface area contributed by atoms with Crippen molar-refractivity contribution in [2.45, 2.75) is 33.2 Å². The highest BCUT2D eigenvalue weighted by atomic mass is 16.3. The first-order valence-corrected chi connectivity index (χ1v) is 7.99. The van der Waals surface area contributed by atoms with Gasteiger partial charge < -0.3 is 9.73 Å². The van der Waals surface area contributed by atoms with Gasteiger partial charge in [0.25, 0.3) is 0 Å². The van der Waals surface area contributed by atoms with Gasteiger partial charge in [0.15, 0.2) is 0 Å². The van der Waals surface area contributed by atoms with Crippen molar-refractivity contribution in [3.8, 4) is 5.69 Å². The average molecular weight is 323 g/mol. The Morgan fingerprint density at radius 2 is 1.96 bits per heavy atom. The van der Waals surface area contributed by atoms with Crippen molar-refractivity contribution in [3.05, 3.63) is 71.4 Å². The van der Waals surface area contributed by atoms with E-state index in [-0.39, 0.29) is 11.9 Å². The Kier molecular flexibility index (Phi) is 4.51. The molecule has 0 saturated heterocycles. The van der Waals surface area contributed by atoms with Gasteiger partial charge in [-0.1, -0.05) is 18.2 Å². The number of nitrogens with zero attached hydrogens (tertiary/aromatic N) is 2. The fourth-order valence-electron chi connectivity index (χ4n) is 2.81. The number of benzene rings is 1. The molecule has 0 aliphatic carbocycles. The van der Waals surface area contributed by atoms with Gasteiger partial charge >= 0.3 is 0 Å². The maximum Gasteiger partial charge on any atom is 0.225 e. The Labute approximate surface area is 141 Å². The smallest absolute Gasteiger partial charge is 0.225 e. The molecule has 5 heteroatoms. The summed E-state index contributed by atoms with van der Waals surface area (Å²) in [5.41, 5.74) is 3.81. The van der Waals surface area contributed by atoms with Crippen LogP contribution < -0.4 is 5.32 Å². The second kappa shape index (κ2) is 6.74. The number of carbonyl (C=O) groups excluding carboxylic acids is 1. The standard InChI is InChI=1S/C19H21N3O2/c1-13-17(12-19(23)20-14(2)18-10-7-11-24-18)15(3)22(21-13)16-8-5-4-6-9-16/h4-11,14H,12H2,1-3H3,(H,20,23)/t14-/m1/s1. The predicted octanol–water partition coefficient (Wildman–Crippen LogP) is 3.50. The lowest BCUT2D eigenvalue weighted by Gasteiger charge is -2.11. The fourth-order valence-corrected chi connectivity index (χ4v) is 2.81. The zero-order valence-electron chi connectivity index (χ0n) is 14.1. The summed E-state index contributed by atoms with van der Waals surface area (Å²) in [6, 6.07) is 13.4. The number of rotatable bonds is 5. The number of nitrogens with one attached hydrogen (secondary N) is 1. The number of amides is 1. The third kappa shape index (κ3) is 3.25. The molecule has 0 spiro atoms. The van der Waals surface area contributed by atoms with E-state index in [1.807, 2.05) is 67.9 Å². The van der Waals surface area contributed by atoms with Crippen molar-refractivity contribution in [2.24, 2.45) is 0 Å². The van der Waals surface area contributed by atoms with Gasteiger partial charge in [-0.25, -0.2) is 4.68 Å². The first-order chi connectivity index (χ1) is 11.6. The zero-order valence-corrected chi connectivity index (χ0v) is 14.1. The molecule has 1 atom stereocenters. The van der Waals surface area contributed by atoms with Crippen LogP contribution >= 0.6 is 0 Å². The summed E-state index contributed by atoms with van der Waals surface area (Å²) < 4.78 is 7.21. The Balaban J connectivity index is 1.76. The van der Waals surface area contributed by atoms with Crippen LogP contribution in [0.15, 0.2) is 53.1 Å². The number of carbonyl (C=O) groups is 1.